The van der Waals surface area contributed by atoms with E-state index >= 15 is 0 Å². The quantitative estimate of drug-likeness (QED) is 0.928. The smallest absolute Gasteiger partial charge is 0.158 e. The predicted octanol–water partition coefficient (Wildman–Crippen LogP) is 2.15. The van der Waals surface area contributed by atoms with Gasteiger partial charge in [-0.05, 0) is 31.5 Å². The first-order valence-corrected chi connectivity index (χ1v) is 7.94. The van der Waals surface area contributed by atoms with E-state index in [0.717, 1.165) is 19.0 Å². The van der Waals surface area contributed by atoms with Crippen LogP contribution in [0.15, 0.2) is 18.2 Å². The number of nitrogens with one attached hydrogen (secondary N) is 1. The van der Waals surface area contributed by atoms with Crippen LogP contribution < -0.4 is 5.32 Å². The standard InChI is InChI=1S/C12H15ClFNO2S/c13-10-4-3-9(12(14)6-10)8-18(16,17)11-2-1-5-15-7-11/h3-4,6,11,15H,1-2,5,7-8H2. The molecule has 100 valence electrons. The normalized spacial score (nSPS) is 20.9. The molecule has 1 aromatic carbocycles. The molecule has 1 aromatic rings. The summed E-state index contributed by atoms with van der Waals surface area (Å²) in [6.45, 7) is 1.30. The van der Waals surface area contributed by atoms with E-state index in [1.54, 1.807) is 0 Å². The van der Waals surface area contributed by atoms with Gasteiger partial charge in [0.25, 0.3) is 0 Å². The summed E-state index contributed by atoms with van der Waals surface area (Å²) in [5, 5.41) is 2.91. The molecule has 2 rings (SSSR count). The lowest BCUT2D eigenvalue weighted by molar-refractivity contribution is 0.495. The topological polar surface area (TPSA) is 46.2 Å². The number of piperidine rings is 1. The van der Waals surface area contributed by atoms with E-state index < -0.39 is 20.9 Å². The monoisotopic (exact) mass is 291 g/mol. The van der Waals surface area contributed by atoms with Crippen LogP contribution in [0, 0.1) is 5.82 Å². The number of benzene rings is 1. The zero-order chi connectivity index (χ0) is 13.2. The van der Waals surface area contributed by atoms with Crippen molar-refractivity contribution in [2.45, 2.75) is 23.8 Å². The van der Waals surface area contributed by atoms with E-state index in [1.807, 2.05) is 0 Å². The fourth-order valence-corrected chi connectivity index (χ4v) is 4.06. The molecule has 0 bridgehead atoms. The Bertz CT molecular complexity index is 527. The second kappa shape index (κ2) is 5.55. The Morgan fingerprint density at radius 1 is 1.44 bits per heavy atom. The van der Waals surface area contributed by atoms with Crippen molar-refractivity contribution in [1.29, 1.82) is 0 Å². The average Bonchev–Trinajstić information content (AvgIpc) is 2.34. The third-order valence-electron chi connectivity index (χ3n) is 3.13. The van der Waals surface area contributed by atoms with E-state index in [2.05, 4.69) is 5.32 Å². The summed E-state index contributed by atoms with van der Waals surface area (Å²) >= 11 is 5.64. The van der Waals surface area contributed by atoms with Crippen LogP contribution in [0.3, 0.4) is 0 Å². The van der Waals surface area contributed by atoms with Crippen molar-refractivity contribution in [2.75, 3.05) is 13.1 Å². The van der Waals surface area contributed by atoms with Gasteiger partial charge in [-0.2, -0.15) is 0 Å². The van der Waals surface area contributed by atoms with Gasteiger partial charge in [0.2, 0.25) is 0 Å². The molecule has 0 radical (unpaired) electrons. The van der Waals surface area contributed by atoms with Crippen LogP contribution in [-0.4, -0.2) is 26.8 Å². The van der Waals surface area contributed by atoms with Gasteiger partial charge in [-0.15, -0.1) is 0 Å². The minimum Gasteiger partial charge on any atom is -0.315 e. The van der Waals surface area contributed by atoms with Crippen molar-refractivity contribution in [3.63, 3.8) is 0 Å². The zero-order valence-corrected chi connectivity index (χ0v) is 11.4. The molecule has 1 heterocycles. The molecule has 0 aliphatic carbocycles. The maximum Gasteiger partial charge on any atom is 0.158 e. The molecule has 1 aliphatic rings. The van der Waals surface area contributed by atoms with Crippen molar-refractivity contribution >= 4 is 21.4 Å². The van der Waals surface area contributed by atoms with Crippen molar-refractivity contribution < 1.29 is 12.8 Å². The maximum atomic E-state index is 13.6. The van der Waals surface area contributed by atoms with Crippen molar-refractivity contribution in [2.24, 2.45) is 0 Å². The van der Waals surface area contributed by atoms with E-state index in [1.165, 1.54) is 12.1 Å². The molecule has 18 heavy (non-hydrogen) atoms. The number of hydrogen-bond acceptors (Lipinski definition) is 3. The molecular weight excluding hydrogens is 277 g/mol. The Morgan fingerprint density at radius 3 is 2.83 bits per heavy atom. The summed E-state index contributed by atoms with van der Waals surface area (Å²) in [6.07, 6.45) is 1.48. The number of halogens is 2. The average molecular weight is 292 g/mol. The Labute approximate surface area is 111 Å². The summed E-state index contributed by atoms with van der Waals surface area (Å²) in [4.78, 5) is 0. The predicted molar refractivity (Wildman–Crippen MR) is 69.9 cm³/mol. The van der Waals surface area contributed by atoms with Gasteiger partial charge >= 0.3 is 0 Å². The molecule has 0 spiro atoms. The number of hydrogen-bond donors (Lipinski definition) is 1. The largest absolute Gasteiger partial charge is 0.315 e. The highest BCUT2D eigenvalue weighted by Gasteiger charge is 2.28. The SMILES string of the molecule is O=S(=O)(Cc1ccc(Cl)cc1F)C1CCCNC1. The van der Waals surface area contributed by atoms with Crippen LogP contribution in [-0.2, 0) is 15.6 Å². The minimum absolute atomic E-state index is 0.185. The highest BCUT2D eigenvalue weighted by molar-refractivity contribution is 7.91. The van der Waals surface area contributed by atoms with E-state index in [-0.39, 0.29) is 16.3 Å². The van der Waals surface area contributed by atoms with Crippen LogP contribution in [0.2, 0.25) is 5.02 Å². The van der Waals surface area contributed by atoms with E-state index in [4.69, 9.17) is 11.6 Å². The van der Waals surface area contributed by atoms with E-state index in [9.17, 15) is 12.8 Å². The summed E-state index contributed by atoms with van der Waals surface area (Å²) < 4.78 is 37.9. The Hall–Kier alpha value is -0.650. The molecular formula is C12H15ClFNO2S. The zero-order valence-electron chi connectivity index (χ0n) is 9.83. The van der Waals surface area contributed by atoms with Crippen LogP contribution in [0.25, 0.3) is 0 Å². The second-order valence-electron chi connectivity index (χ2n) is 4.51. The first kappa shape index (κ1) is 13.8. The van der Waals surface area contributed by atoms with Gasteiger partial charge in [0.05, 0.1) is 11.0 Å². The molecule has 1 atom stereocenters. The van der Waals surface area contributed by atoms with Crippen molar-refractivity contribution in [1.82, 2.24) is 5.32 Å². The molecule has 0 saturated carbocycles. The molecule has 0 aromatic heterocycles. The second-order valence-corrected chi connectivity index (χ2v) is 7.23. The molecule has 1 aliphatic heterocycles. The highest BCUT2D eigenvalue weighted by atomic mass is 35.5. The summed E-state index contributed by atoms with van der Waals surface area (Å²) in [6, 6.07) is 4.09. The van der Waals surface area contributed by atoms with Crippen LogP contribution in [0.4, 0.5) is 4.39 Å². The van der Waals surface area contributed by atoms with Gasteiger partial charge < -0.3 is 5.32 Å². The fourth-order valence-electron chi connectivity index (χ4n) is 2.10. The lowest BCUT2D eigenvalue weighted by Gasteiger charge is -2.22. The van der Waals surface area contributed by atoms with Gasteiger partial charge in [-0.1, -0.05) is 17.7 Å². The number of sulfone groups is 1. The summed E-state index contributed by atoms with van der Waals surface area (Å²) in [5.41, 5.74) is 0.185. The first-order chi connectivity index (χ1) is 8.49. The van der Waals surface area contributed by atoms with Crippen LogP contribution >= 0.6 is 11.6 Å². The third-order valence-corrected chi connectivity index (χ3v) is 5.50. The molecule has 1 saturated heterocycles. The van der Waals surface area contributed by atoms with Crippen LogP contribution in [0.5, 0.6) is 0 Å². The Balaban J connectivity index is 2.16. The van der Waals surface area contributed by atoms with Gasteiger partial charge in [0.15, 0.2) is 9.84 Å². The highest BCUT2D eigenvalue weighted by Crippen LogP contribution is 2.21. The summed E-state index contributed by atoms with van der Waals surface area (Å²) in [5.74, 6) is -0.822. The maximum absolute atomic E-state index is 13.6. The lowest BCUT2D eigenvalue weighted by Crippen LogP contribution is -2.39. The van der Waals surface area contributed by atoms with Crippen molar-refractivity contribution in [3.05, 3.63) is 34.6 Å². The number of rotatable bonds is 3. The lowest BCUT2D eigenvalue weighted by atomic mass is 10.2. The Kier molecular flexibility index (Phi) is 4.25. The van der Waals surface area contributed by atoms with Crippen molar-refractivity contribution in [3.8, 4) is 0 Å². The summed E-state index contributed by atoms with van der Waals surface area (Å²) in [7, 11) is -3.32. The van der Waals surface area contributed by atoms with Gasteiger partial charge in [-0.25, -0.2) is 12.8 Å². The van der Waals surface area contributed by atoms with Gasteiger partial charge in [-0.3, -0.25) is 0 Å². The third kappa shape index (κ3) is 3.22. The molecule has 0 amide bonds. The first-order valence-electron chi connectivity index (χ1n) is 5.85. The molecule has 1 unspecified atom stereocenters. The Morgan fingerprint density at radius 2 is 2.22 bits per heavy atom. The minimum atomic E-state index is -3.32. The van der Waals surface area contributed by atoms with Gasteiger partial charge in [0.1, 0.15) is 5.82 Å². The van der Waals surface area contributed by atoms with E-state index in [0.29, 0.717) is 13.0 Å². The van der Waals surface area contributed by atoms with Crippen LogP contribution in [0.1, 0.15) is 18.4 Å². The molecule has 3 nitrogen and oxygen atoms in total. The fraction of sp³-hybridized carbons (Fsp3) is 0.500. The molecule has 1 fully saturated rings. The molecule has 1 N–H and O–H groups in total. The van der Waals surface area contributed by atoms with Gasteiger partial charge in [0, 0.05) is 17.1 Å². The molecule has 6 heteroatoms.